The third-order valence-electron chi connectivity index (χ3n) is 3.35. The van der Waals surface area contributed by atoms with Gasteiger partial charge in [0.1, 0.15) is 0 Å². The molecular formula is C18H23NS. The highest BCUT2D eigenvalue weighted by atomic mass is 32.2. The van der Waals surface area contributed by atoms with Crippen LogP contribution < -0.4 is 5.73 Å². The van der Waals surface area contributed by atoms with Gasteiger partial charge in [0.2, 0.25) is 0 Å². The van der Waals surface area contributed by atoms with Gasteiger partial charge in [-0.05, 0) is 35.6 Å². The van der Waals surface area contributed by atoms with E-state index in [0.29, 0.717) is 5.92 Å². The average molecular weight is 285 g/mol. The Hall–Kier alpha value is -1.25. The lowest BCUT2D eigenvalue weighted by molar-refractivity contribution is 0.747. The minimum Gasteiger partial charge on any atom is -0.327 e. The molecule has 1 atom stereocenters. The molecule has 0 saturated carbocycles. The van der Waals surface area contributed by atoms with Crippen LogP contribution >= 0.6 is 11.8 Å². The standard InChI is InChI=1S/C18H23NS/c1-14(2)16-10-8-15(9-11-16)12-17(19)13-20-18-6-4-3-5-7-18/h3-11,14,17H,12-13,19H2,1-2H3. The summed E-state index contributed by atoms with van der Waals surface area (Å²) in [4.78, 5) is 1.29. The molecule has 0 aliphatic rings. The van der Waals surface area contributed by atoms with Crippen molar-refractivity contribution in [1.82, 2.24) is 0 Å². The van der Waals surface area contributed by atoms with Gasteiger partial charge in [-0.25, -0.2) is 0 Å². The highest BCUT2D eigenvalue weighted by molar-refractivity contribution is 7.99. The summed E-state index contributed by atoms with van der Waals surface area (Å²) in [6.45, 7) is 4.44. The molecule has 2 rings (SSSR count). The van der Waals surface area contributed by atoms with E-state index in [4.69, 9.17) is 5.73 Å². The zero-order chi connectivity index (χ0) is 14.4. The molecule has 20 heavy (non-hydrogen) atoms. The minimum atomic E-state index is 0.199. The van der Waals surface area contributed by atoms with Gasteiger partial charge in [0, 0.05) is 16.7 Å². The van der Waals surface area contributed by atoms with E-state index in [1.807, 2.05) is 17.8 Å². The van der Waals surface area contributed by atoms with Crippen molar-refractivity contribution in [2.45, 2.75) is 37.1 Å². The monoisotopic (exact) mass is 285 g/mol. The Morgan fingerprint density at radius 3 is 2.20 bits per heavy atom. The molecule has 0 bridgehead atoms. The van der Waals surface area contributed by atoms with Crippen LogP contribution in [0.4, 0.5) is 0 Å². The summed E-state index contributed by atoms with van der Waals surface area (Å²) in [7, 11) is 0. The van der Waals surface area contributed by atoms with Gasteiger partial charge in [-0.3, -0.25) is 0 Å². The highest BCUT2D eigenvalue weighted by Gasteiger charge is 2.06. The van der Waals surface area contributed by atoms with Gasteiger partial charge in [0.25, 0.3) is 0 Å². The van der Waals surface area contributed by atoms with Crippen LogP contribution in [-0.4, -0.2) is 11.8 Å². The SMILES string of the molecule is CC(C)c1ccc(CC(N)CSc2ccccc2)cc1. The molecular weight excluding hydrogens is 262 g/mol. The molecule has 0 amide bonds. The van der Waals surface area contributed by atoms with Gasteiger partial charge in [-0.1, -0.05) is 56.3 Å². The number of hydrogen-bond acceptors (Lipinski definition) is 2. The van der Waals surface area contributed by atoms with Crippen LogP contribution in [0.5, 0.6) is 0 Å². The topological polar surface area (TPSA) is 26.0 Å². The molecule has 0 aliphatic carbocycles. The van der Waals surface area contributed by atoms with Gasteiger partial charge in [0.15, 0.2) is 0 Å². The smallest absolute Gasteiger partial charge is 0.0174 e. The van der Waals surface area contributed by atoms with E-state index in [2.05, 4.69) is 62.4 Å². The van der Waals surface area contributed by atoms with E-state index < -0.39 is 0 Å². The van der Waals surface area contributed by atoms with Crippen molar-refractivity contribution in [3.63, 3.8) is 0 Å². The molecule has 2 aromatic carbocycles. The lowest BCUT2D eigenvalue weighted by Crippen LogP contribution is -2.25. The second-order valence-electron chi connectivity index (χ2n) is 5.48. The average Bonchev–Trinajstić information content (AvgIpc) is 2.47. The zero-order valence-electron chi connectivity index (χ0n) is 12.3. The molecule has 0 fully saturated rings. The molecule has 0 aromatic heterocycles. The van der Waals surface area contributed by atoms with Crippen LogP contribution in [0.3, 0.4) is 0 Å². The quantitative estimate of drug-likeness (QED) is 0.792. The molecule has 106 valence electrons. The maximum atomic E-state index is 6.23. The number of nitrogens with two attached hydrogens (primary N) is 1. The van der Waals surface area contributed by atoms with Crippen LogP contribution in [0.25, 0.3) is 0 Å². The Morgan fingerprint density at radius 1 is 0.950 bits per heavy atom. The maximum Gasteiger partial charge on any atom is 0.0174 e. The fourth-order valence-electron chi connectivity index (χ4n) is 2.12. The van der Waals surface area contributed by atoms with Crippen molar-refractivity contribution in [2.75, 3.05) is 5.75 Å². The molecule has 0 radical (unpaired) electrons. The second-order valence-corrected chi connectivity index (χ2v) is 6.58. The van der Waals surface area contributed by atoms with E-state index in [0.717, 1.165) is 12.2 Å². The third kappa shape index (κ3) is 4.69. The Bertz CT molecular complexity index is 505. The number of rotatable bonds is 6. The van der Waals surface area contributed by atoms with Crippen LogP contribution in [0, 0.1) is 0 Å². The van der Waals surface area contributed by atoms with Crippen molar-refractivity contribution < 1.29 is 0 Å². The van der Waals surface area contributed by atoms with Crippen molar-refractivity contribution in [1.29, 1.82) is 0 Å². The fraction of sp³-hybridized carbons (Fsp3) is 0.333. The zero-order valence-corrected chi connectivity index (χ0v) is 13.1. The third-order valence-corrected chi connectivity index (χ3v) is 4.55. The summed E-state index contributed by atoms with van der Waals surface area (Å²) in [5.74, 6) is 1.54. The first kappa shape index (κ1) is 15.1. The number of benzene rings is 2. The normalized spacial score (nSPS) is 12.6. The molecule has 2 N–H and O–H groups in total. The van der Waals surface area contributed by atoms with Crippen LogP contribution in [0.1, 0.15) is 30.9 Å². The number of thioether (sulfide) groups is 1. The van der Waals surface area contributed by atoms with Gasteiger partial charge < -0.3 is 5.73 Å². The maximum absolute atomic E-state index is 6.23. The first-order valence-corrected chi connectivity index (χ1v) is 8.16. The largest absolute Gasteiger partial charge is 0.327 e. The van der Waals surface area contributed by atoms with Crippen LogP contribution in [0.15, 0.2) is 59.5 Å². The van der Waals surface area contributed by atoms with Crippen LogP contribution in [-0.2, 0) is 6.42 Å². The fourth-order valence-corrected chi connectivity index (χ4v) is 2.99. The van der Waals surface area contributed by atoms with Crippen molar-refractivity contribution in [2.24, 2.45) is 5.73 Å². The Morgan fingerprint density at radius 2 is 1.60 bits per heavy atom. The van der Waals surface area contributed by atoms with Gasteiger partial charge in [0.05, 0.1) is 0 Å². The Labute approximate surface area is 126 Å². The van der Waals surface area contributed by atoms with Crippen molar-refractivity contribution in [3.05, 3.63) is 65.7 Å². The summed E-state index contributed by atoms with van der Waals surface area (Å²) < 4.78 is 0. The lowest BCUT2D eigenvalue weighted by atomic mass is 10.00. The van der Waals surface area contributed by atoms with E-state index in [1.54, 1.807) is 0 Å². The summed E-state index contributed by atoms with van der Waals surface area (Å²) in [5, 5.41) is 0. The first-order chi connectivity index (χ1) is 9.65. The minimum absolute atomic E-state index is 0.199. The molecule has 1 nitrogen and oxygen atoms in total. The van der Waals surface area contributed by atoms with Gasteiger partial charge >= 0.3 is 0 Å². The molecule has 0 aliphatic heterocycles. The predicted octanol–water partition coefficient (Wildman–Crippen LogP) is 4.47. The van der Waals surface area contributed by atoms with E-state index in [1.165, 1.54) is 16.0 Å². The first-order valence-electron chi connectivity index (χ1n) is 7.17. The second kappa shape index (κ2) is 7.51. The Balaban J connectivity index is 1.83. The molecule has 0 spiro atoms. The van der Waals surface area contributed by atoms with Gasteiger partial charge in [-0.15, -0.1) is 11.8 Å². The Kier molecular flexibility index (Phi) is 5.69. The summed E-state index contributed by atoms with van der Waals surface area (Å²) in [6, 6.07) is 19.5. The van der Waals surface area contributed by atoms with Crippen molar-refractivity contribution >= 4 is 11.8 Å². The molecule has 0 heterocycles. The van der Waals surface area contributed by atoms with Gasteiger partial charge in [-0.2, -0.15) is 0 Å². The van der Waals surface area contributed by atoms with Crippen molar-refractivity contribution in [3.8, 4) is 0 Å². The molecule has 1 unspecified atom stereocenters. The highest BCUT2D eigenvalue weighted by Crippen LogP contribution is 2.19. The number of hydrogen-bond donors (Lipinski definition) is 1. The summed E-state index contributed by atoms with van der Waals surface area (Å²) >= 11 is 1.83. The lowest BCUT2D eigenvalue weighted by Gasteiger charge is -2.12. The summed E-state index contributed by atoms with van der Waals surface area (Å²) in [6.07, 6.45) is 0.943. The predicted molar refractivity (Wildman–Crippen MR) is 89.4 cm³/mol. The van der Waals surface area contributed by atoms with Crippen LogP contribution in [0.2, 0.25) is 0 Å². The molecule has 0 saturated heterocycles. The summed E-state index contributed by atoms with van der Waals surface area (Å²) in [5.41, 5.74) is 8.95. The van der Waals surface area contributed by atoms with E-state index >= 15 is 0 Å². The molecule has 2 aromatic rings. The van der Waals surface area contributed by atoms with E-state index in [9.17, 15) is 0 Å². The molecule has 2 heteroatoms. The van der Waals surface area contributed by atoms with E-state index in [-0.39, 0.29) is 6.04 Å².